The topological polar surface area (TPSA) is 40.5 Å². The molecule has 1 rings (SSSR count). The minimum absolute atomic E-state index is 0.330. The van der Waals surface area contributed by atoms with Gasteiger partial charge in [-0.2, -0.15) is 0 Å². The highest BCUT2D eigenvalue weighted by atomic mass is 16.4. The Morgan fingerprint density at radius 1 is 1.60 bits per heavy atom. The zero-order valence-electron chi connectivity index (χ0n) is 10.1. The predicted molar refractivity (Wildman–Crippen MR) is 60.9 cm³/mol. The van der Waals surface area contributed by atoms with Crippen LogP contribution in [0.5, 0.6) is 0 Å². The fourth-order valence-corrected chi connectivity index (χ4v) is 2.65. The number of hydrogen-bond donors (Lipinski definition) is 1. The molecule has 2 atom stereocenters. The third kappa shape index (κ3) is 3.20. The second-order valence-corrected chi connectivity index (χ2v) is 5.15. The number of rotatable bonds is 4. The molecule has 0 amide bonds. The molecule has 0 aromatic heterocycles. The van der Waals surface area contributed by atoms with E-state index in [0.717, 1.165) is 19.5 Å². The zero-order chi connectivity index (χ0) is 11.5. The van der Waals surface area contributed by atoms with E-state index in [1.54, 1.807) is 6.92 Å². The van der Waals surface area contributed by atoms with Crippen LogP contribution in [0.1, 0.15) is 46.5 Å². The summed E-state index contributed by atoms with van der Waals surface area (Å²) in [6.07, 6.45) is 4.76. The average molecular weight is 213 g/mol. The lowest BCUT2D eigenvalue weighted by atomic mass is 9.78. The van der Waals surface area contributed by atoms with Crippen molar-refractivity contribution < 1.29 is 9.90 Å². The Hall–Kier alpha value is -0.570. The molecule has 0 aromatic carbocycles. The van der Waals surface area contributed by atoms with E-state index in [4.69, 9.17) is 5.11 Å². The molecule has 1 heterocycles. The summed E-state index contributed by atoms with van der Waals surface area (Å²) in [6.45, 7) is 8.16. The van der Waals surface area contributed by atoms with Crippen LogP contribution in [-0.4, -0.2) is 35.1 Å². The van der Waals surface area contributed by atoms with Gasteiger partial charge in [0.05, 0.1) is 0 Å². The monoisotopic (exact) mass is 213 g/mol. The number of carboxylic acid groups (broad SMARTS) is 1. The summed E-state index contributed by atoms with van der Waals surface area (Å²) in [5.74, 6) is -0.698. The highest BCUT2D eigenvalue weighted by molar-refractivity contribution is 5.72. The number of hydrogen-bond acceptors (Lipinski definition) is 2. The third-order valence-electron chi connectivity index (χ3n) is 3.57. The van der Waals surface area contributed by atoms with Gasteiger partial charge in [-0.05, 0) is 38.1 Å². The summed E-state index contributed by atoms with van der Waals surface area (Å²) in [7, 11) is 0. The Balaban J connectivity index is 2.59. The molecule has 1 fully saturated rings. The SMILES string of the molecule is CCCC1(C)CCCN(C(C)C(=O)O)C1. The molecule has 0 radical (unpaired) electrons. The van der Waals surface area contributed by atoms with Crippen molar-refractivity contribution in [3.63, 3.8) is 0 Å². The molecule has 0 saturated carbocycles. The molecule has 88 valence electrons. The number of likely N-dealkylation sites (tertiary alicyclic amines) is 1. The van der Waals surface area contributed by atoms with Gasteiger partial charge in [0, 0.05) is 6.54 Å². The number of piperidine rings is 1. The molecule has 1 aliphatic heterocycles. The van der Waals surface area contributed by atoms with Crippen molar-refractivity contribution in [1.82, 2.24) is 4.90 Å². The first kappa shape index (κ1) is 12.5. The van der Waals surface area contributed by atoms with E-state index in [-0.39, 0.29) is 6.04 Å². The molecule has 3 heteroatoms. The summed E-state index contributed by atoms with van der Waals surface area (Å²) in [4.78, 5) is 13.0. The lowest BCUT2D eigenvalue weighted by molar-refractivity contribution is -0.143. The van der Waals surface area contributed by atoms with E-state index in [1.165, 1.54) is 19.3 Å². The first-order chi connectivity index (χ1) is 6.98. The molecule has 0 bridgehead atoms. The average Bonchev–Trinajstić information content (AvgIpc) is 2.16. The van der Waals surface area contributed by atoms with Crippen molar-refractivity contribution in [3.8, 4) is 0 Å². The zero-order valence-corrected chi connectivity index (χ0v) is 10.1. The van der Waals surface area contributed by atoms with Crippen molar-refractivity contribution in [2.75, 3.05) is 13.1 Å². The molecule has 2 unspecified atom stereocenters. The number of carboxylic acids is 1. The molecule has 1 aliphatic rings. The Labute approximate surface area is 92.5 Å². The summed E-state index contributed by atoms with van der Waals surface area (Å²) in [5.41, 5.74) is 0.330. The number of nitrogens with zero attached hydrogens (tertiary/aromatic N) is 1. The van der Waals surface area contributed by atoms with Crippen molar-refractivity contribution in [3.05, 3.63) is 0 Å². The minimum atomic E-state index is -0.698. The van der Waals surface area contributed by atoms with Crippen LogP contribution in [-0.2, 0) is 4.79 Å². The van der Waals surface area contributed by atoms with Crippen LogP contribution in [0.4, 0.5) is 0 Å². The van der Waals surface area contributed by atoms with Gasteiger partial charge in [0.15, 0.2) is 0 Å². The lowest BCUT2D eigenvalue weighted by Gasteiger charge is -2.42. The van der Waals surface area contributed by atoms with Crippen molar-refractivity contribution in [2.24, 2.45) is 5.41 Å². The van der Waals surface area contributed by atoms with Crippen LogP contribution < -0.4 is 0 Å². The smallest absolute Gasteiger partial charge is 0.320 e. The van der Waals surface area contributed by atoms with Gasteiger partial charge in [0.25, 0.3) is 0 Å². The van der Waals surface area contributed by atoms with Crippen LogP contribution in [0.15, 0.2) is 0 Å². The maximum absolute atomic E-state index is 10.9. The van der Waals surface area contributed by atoms with Crippen LogP contribution in [0, 0.1) is 5.41 Å². The number of carbonyl (C=O) groups is 1. The van der Waals surface area contributed by atoms with Gasteiger partial charge in [-0.25, -0.2) is 0 Å². The molecule has 1 N–H and O–H groups in total. The van der Waals surface area contributed by atoms with Crippen molar-refractivity contribution >= 4 is 5.97 Å². The minimum Gasteiger partial charge on any atom is -0.480 e. The van der Waals surface area contributed by atoms with E-state index >= 15 is 0 Å². The van der Waals surface area contributed by atoms with Crippen LogP contribution in [0.2, 0.25) is 0 Å². The Bertz CT molecular complexity index is 226. The molecule has 0 aromatic rings. The van der Waals surface area contributed by atoms with Gasteiger partial charge in [-0.3, -0.25) is 9.69 Å². The normalized spacial score (nSPS) is 30.1. The molecule has 1 saturated heterocycles. The van der Waals surface area contributed by atoms with E-state index < -0.39 is 5.97 Å². The van der Waals surface area contributed by atoms with Gasteiger partial charge >= 0.3 is 5.97 Å². The fraction of sp³-hybridized carbons (Fsp3) is 0.917. The fourth-order valence-electron chi connectivity index (χ4n) is 2.65. The number of aliphatic carboxylic acids is 1. The first-order valence-corrected chi connectivity index (χ1v) is 5.95. The highest BCUT2D eigenvalue weighted by Gasteiger charge is 2.33. The summed E-state index contributed by atoms with van der Waals surface area (Å²) in [5, 5.41) is 8.99. The van der Waals surface area contributed by atoms with E-state index in [2.05, 4.69) is 18.7 Å². The van der Waals surface area contributed by atoms with Crippen LogP contribution in [0.3, 0.4) is 0 Å². The molecule has 0 aliphatic carbocycles. The van der Waals surface area contributed by atoms with E-state index in [9.17, 15) is 4.79 Å². The van der Waals surface area contributed by atoms with Crippen LogP contribution >= 0.6 is 0 Å². The first-order valence-electron chi connectivity index (χ1n) is 5.95. The second-order valence-electron chi connectivity index (χ2n) is 5.15. The molecule has 0 spiro atoms. The molecular weight excluding hydrogens is 190 g/mol. The maximum Gasteiger partial charge on any atom is 0.320 e. The lowest BCUT2D eigenvalue weighted by Crippen LogP contribution is -2.48. The van der Waals surface area contributed by atoms with Crippen LogP contribution in [0.25, 0.3) is 0 Å². The second kappa shape index (κ2) is 4.97. The quantitative estimate of drug-likeness (QED) is 0.779. The van der Waals surface area contributed by atoms with Crippen molar-refractivity contribution in [1.29, 1.82) is 0 Å². The maximum atomic E-state index is 10.9. The van der Waals surface area contributed by atoms with Gasteiger partial charge in [-0.15, -0.1) is 0 Å². The van der Waals surface area contributed by atoms with Crippen molar-refractivity contribution in [2.45, 2.75) is 52.5 Å². The van der Waals surface area contributed by atoms with Gasteiger partial charge in [-0.1, -0.05) is 20.3 Å². The van der Waals surface area contributed by atoms with E-state index in [0.29, 0.717) is 5.41 Å². The summed E-state index contributed by atoms with van der Waals surface area (Å²) in [6, 6.07) is -0.332. The molecular formula is C12H23NO2. The molecule has 3 nitrogen and oxygen atoms in total. The van der Waals surface area contributed by atoms with Gasteiger partial charge < -0.3 is 5.11 Å². The van der Waals surface area contributed by atoms with E-state index in [1.807, 2.05) is 0 Å². The van der Waals surface area contributed by atoms with Gasteiger partial charge in [0.2, 0.25) is 0 Å². The Morgan fingerprint density at radius 3 is 2.80 bits per heavy atom. The Kier molecular flexibility index (Phi) is 4.14. The summed E-state index contributed by atoms with van der Waals surface area (Å²) >= 11 is 0. The third-order valence-corrected chi connectivity index (χ3v) is 3.57. The molecule has 15 heavy (non-hydrogen) atoms. The Morgan fingerprint density at radius 2 is 2.27 bits per heavy atom. The highest BCUT2D eigenvalue weighted by Crippen LogP contribution is 2.34. The largest absolute Gasteiger partial charge is 0.480 e. The standard InChI is InChI=1S/C12H23NO2/c1-4-6-12(3)7-5-8-13(9-12)10(2)11(14)15/h10H,4-9H2,1-3H3,(H,14,15). The summed E-state index contributed by atoms with van der Waals surface area (Å²) < 4.78 is 0. The predicted octanol–water partition coefficient (Wildman–Crippen LogP) is 2.36. The van der Waals surface area contributed by atoms with Gasteiger partial charge in [0.1, 0.15) is 6.04 Å².